The molecule has 7 nitrogen and oxygen atoms in total. The summed E-state index contributed by atoms with van der Waals surface area (Å²) in [7, 11) is 1.48. The Morgan fingerprint density at radius 3 is 2.76 bits per heavy atom. The van der Waals surface area contributed by atoms with Crippen LogP contribution in [0.1, 0.15) is 12.8 Å². The summed E-state index contributed by atoms with van der Waals surface area (Å²) in [5, 5.41) is 23.0. The number of rotatable bonds is 7. The Morgan fingerprint density at radius 1 is 1.62 bits per heavy atom. The lowest BCUT2D eigenvalue weighted by atomic mass is 9.94. The molecule has 0 bridgehead atoms. The fourth-order valence-electron chi connectivity index (χ4n) is 2.28. The number of halogens is 1. The van der Waals surface area contributed by atoms with Gasteiger partial charge in [0.05, 0.1) is 4.92 Å². The SMILES string of the molecule is CNC(COc1c(F)cccc1[N+](=O)[O-])(C(=O)O)C1CC1. The Morgan fingerprint density at radius 2 is 2.29 bits per heavy atom. The van der Waals surface area contributed by atoms with Gasteiger partial charge in [0.1, 0.15) is 6.61 Å². The Bertz CT molecular complexity index is 576. The summed E-state index contributed by atoms with van der Waals surface area (Å²) in [5.41, 5.74) is -1.89. The van der Waals surface area contributed by atoms with Crippen LogP contribution in [0.2, 0.25) is 0 Å². The van der Waals surface area contributed by atoms with Gasteiger partial charge in [0.25, 0.3) is 0 Å². The second-order valence-corrected chi connectivity index (χ2v) is 4.93. The first-order chi connectivity index (χ1) is 9.92. The molecule has 21 heavy (non-hydrogen) atoms. The summed E-state index contributed by atoms with van der Waals surface area (Å²) in [6.45, 7) is -0.384. The largest absolute Gasteiger partial charge is 0.482 e. The third kappa shape index (κ3) is 2.80. The van der Waals surface area contributed by atoms with Crippen LogP contribution in [-0.2, 0) is 4.79 Å². The van der Waals surface area contributed by atoms with Crippen molar-refractivity contribution in [2.75, 3.05) is 13.7 Å². The van der Waals surface area contributed by atoms with Crippen molar-refractivity contribution in [1.82, 2.24) is 5.32 Å². The number of likely N-dealkylation sites (N-methyl/N-ethyl adjacent to an activating group) is 1. The molecule has 1 aromatic carbocycles. The van der Waals surface area contributed by atoms with Gasteiger partial charge in [0.15, 0.2) is 11.4 Å². The molecule has 0 amide bonds. The zero-order chi connectivity index (χ0) is 15.6. The van der Waals surface area contributed by atoms with Crippen molar-refractivity contribution in [2.24, 2.45) is 5.92 Å². The van der Waals surface area contributed by atoms with Gasteiger partial charge in [0.2, 0.25) is 5.75 Å². The number of benzene rings is 1. The molecular weight excluding hydrogens is 283 g/mol. The van der Waals surface area contributed by atoms with E-state index in [2.05, 4.69) is 5.32 Å². The summed E-state index contributed by atoms with van der Waals surface area (Å²) >= 11 is 0. The molecule has 1 fully saturated rings. The number of hydrogen-bond acceptors (Lipinski definition) is 5. The van der Waals surface area contributed by atoms with Crippen molar-refractivity contribution in [3.63, 3.8) is 0 Å². The van der Waals surface area contributed by atoms with Gasteiger partial charge in [-0.2, -0.15) is 0 Å². The topological polar surface area (TPSA) is 102 Å². The number of aliphatic carboxylic acids is 1. The highest BCUT2D eigenvalue weighted by Gasteiger charge is 2.51. The van der Waals surface area contributed by atoms with Gasteiger partial charge in [-0.15, -0.1) is 0 Å². The molecule has 1 saturated carbocycles. The summed E-state index contributed by atoms with van der Waals surface area (Å²) in [5.74, 6) is -2.68. The Labute approximate surface area is 119 Å². The van der Waals surface area contributed by atoms with Crippen LogP contribution in [0.5, 0.6) is 5.75 Å². The highest BCUT2D eigenvalue weighted by atomic mass is 19.1. The van der Waals surface area contributed by atoms with E-state index in [0.717, 1.165) is 25.0 Å². The van der Waals surface area contributed by atoms with E-state index in [1.165, 1.54) is 13.1 Å². The summed E-state index contributed by atoms with van der Waals surface area (Å²) in [6.07, 6.45) is 1.44. The zero-order valence-corrected chi connectivity index (χ0v) is 11.3. The quantitative estimate of drug-likeness (QED) is 0.585. The van der Waals surface area contributed by atoms with Crippen LogP contribution in [-0.4, -0.2) is 35.2 Å². The molecule has 0 heterocycles. The molecular formula is C13H15FN2O5. The maximum atomic E-state index is 13.7. The maximum absolute atomic E-state index is 13.7. The number of nitro benzene ring substituents is 1. The van der Waals surface area contributed by atoms with E-state index >= 15 is 0 Å². The van der Waals surface area contributed by atoms with Crippen molar-refractivity contribution < 1.29 is 24.0 Å². The normalized spacial score (nSPS) is 17.0. The highest BCUT2D eigenvalue weighted by Crippen LogP contribution is 2.41. The minimum atomic E-state index is -1.36. The van der Waals surface area contributed by atoms with Gasteiger partial charge in [0, 0.05) is 6.07 Å². The predicted octanol–water partition coefficient (Wildman–Crippen LogP) is 1.57. The van der Waals surface area contributed by atoms with Crippen molar-refractivity contribution >= 4 is 11.7 Å². The van der Waals surface area contributed by atoms with E-state index in [1.807, 2.05) is 0 Å². The number of para-hydroxylation sites is 1. The molecule has 0 aliphatic heterocycles. The van der Waals surface area contributed by atoms with E-state index in [0.29, 0.717) is 0 Å². The van der Waals surface area contributed by atoms with E-state index < -0.39 is 33.7 Å². The van der Waals surface area contributed by atoms with Crippen molar-refractivity contribution in [3.8, 4) is 5.75 Å². The molecule has 1 aromatic rings. The number of carbonyl (C=O) groups is 1. The molecule has 0 spiro atoms. The van der Waals surface area contributed by atoms with E-state index in [4.69, 9.17) is 4.74 Å². The Kier molecular flexibility index (Phi) is 4.08. The summed E-state index contributed by atoms with van der Waals surface area (Å²) in [6, 6.07) is 3.34. The third-order valence-electron chi connectivity index (χ3n) is 3.69. The average Bonchev–Trinajstić information content (AvgIpc) is 3.25. The third-order valence-corrected chi connectivity index (χ3v) is 3.69. The average molecular weight is 298 g/mol. The minimum Gasteiger partial charge on any atom is -0.482 e. The fourth-order valence-corrected chi connectivity index (χ4v) is 2.28. The molecule has 8 heteroatoms. The minimum absolute atomic E-state index is 0.133. The number of hydrogen-bond donors (Lipinski definition) is 2. The number of nitrogens with one attached hydrogen (secondary N) is 1. The molecule has 1 aliphatic rings. The van der Waals surface area contributed by atoms with Gasteiger partial charge in [-0.25, -0.2) is 4.39 Å². The number of nitrogens with zero attached hydrogens (tertiary/aromatic N) is 1. The molecule has 1 aliphatic carbocycles. The van der Waals surface area contributed by atoms with Crippen LogP contribution in [0.15, 0.2) is 18.2 Å². The standard InChI is InChI=1S/C13H15FN2O5/c1-15-13(12(17)18,8-5-6-8)7-21-11-9(14)3-2-4-10(11)16(19)20/h2-4,8,15H,5-7H2,1H3,(H,17,18). The molecule has 1 unspecified atom stereocenters. The monoisotopic (exact) mass is 298 g/mol. The Hall–Kier alpha value is -2.22. The smallest absolute Gasteiger partial charge is 0.327 e. The number of ether oxygens (including phenoxy) is 1. The predicted molar refractivity (Wildman–Crippen MR) is 70.7 cm³/mol. The van der Waals surface area contributed by atoms with Gasteiger partial charge >= 0.3 is 11.7 Å². The Balaban J connectivity index is 2.26. The van der Waals surface area contributed by atoms with Gasteiger partial charge < -0.3 is 15.2 Å². The van der Waals surface area contributed by atoms with Crippen molar-refractivity contribution in [3.05, 3.63) is 34.1 Å². The van der Waals surface area contributed by atoms with Gasteiger partial charge in [-0.05, 0) is 31.9 Å². The lowest BCUT2D eigenvalue weighted by Gasteiger charge is -2.28. The first-order valence-electron chi connectivity index (χ1n) is 6.40. The van der Waals surface area contributed by atoms with Crippen molar-refractivity contribution in [1.29, 1.82) is 0 Å². The first-order valence-corrected chi connectivity index (χ1v) is 6.40. The molecule has 1 atom stereocenters. The number of nitro groups is 1. The lowest BCUT2D eigenvalue weighted by Crippen LogP contribution is -2.56. The van der Waals surface area contributed by atoms with E-state index in [9.17, 15) is 24.4 Å². The molecule has 2 rings (SSSR count). The number of carboxylic acids is 1. The molecule has 0 radical (unpaired) electrons. The van der Waals surface area contributed by atoms with Crippen LogP contribution in [0.4, 0.5) is 10.1 Å². The molecule has 0 aromatic heterocycles. The van der Waals surface area contributed by atoms with Crippen LogP contribution >= 0.6 is 0 Å². The highest BCUT2D eigenvalue weighted by molar-refractivity contribution is 5.80. The maximum Gasteiger partial charge on any atom is 0.327 e. The van der Waals surface area contributed by atoms with E-state index in [-0.39, 0.29) is 12.5 Å². The fraction of sp³-hybridized carbons (Fsp3) is 0.462. The van der Waals surface area contributed by atoms with Crippen LogP contribution < -0.4 is 10.1 Å². The second-order valence-electron chi connectivity index (χ2n) is 4.93. The molecule has 2 N–H and O–H groups in total. The summed E-state index contributed by atoms with van der Waals surface area (Å²) in [4.78, 5) is 21.6. The van der Waals surface area contributed by atoms with Gasteiger partial charge in [-0.1, -0.05) is 6.07 Å². The molecule has 0 saturated heterocycles. The van der Waals surface area contributed by atoms with Crippen LogP contribution in [0.3, 0.4) is 0 Å². The number of carboxylic acid groups (broad SMARTS) is 1. The zero-order valence-electron chi connectivity index (χ0n) is 11.3. The van der Waals surface area contributed by atoms with Crippen LogP contribution in [0.25, 0.3) is 0 Å². The van der Waals surface area contributed by atoms with Gasteiger partial charge in [-0.3, -0.25) is 14.9 Å². The van der Waals surface area contributed by atoms with Crippen LogP contribution in [0, 0.1) is 21.8 Å². The van der Waals surface area contributed by atoms with Crippen molar-refractivity contribution in [2.45, 2.75) is 18.4 Å². The first kappa shape index (κ1) is 15.2. The lowest BCUT2D eigenvalue weighted by molar-refractivity contribution is -0.386. The summed E-state index contributed by atoms with van der Waals surface area (Å²) < 4.78 is 18.9. The van der Waals surface area contributed by atoms with E-state index in [1.54, 1.807) is 0 Å². The second kappa shape index (κ2) is 5.65. The molecule has 114 valence electrons.